The highest BCUT2D eigenvalue weighted by Crippen LogP contribution is 2.46. The molecule has 0 radical (unpaired) electrons. The zero-order valence-corrected chi connectivity index (χ0v) is 15.0. The summed E-state index contributed by atoms with van der Waals surface area (Å²) in [7, 11) is 1.60. The highest BCUT2D eigenvalue weighted by molar-refractivity contribution is 5.83. The summed E-state index contributed by atoms with van der Waals surface area (Å²) in [4.78, 5) is 6.40. The van der Waals surface area contributed by atoms with Crippen molar-refractivity contribution >= 4 is 10.9 Å². The minimum Gasteiger partial charge on any atom is -0.497 e. The molecule has 26 heavy (non-hydrogen) atoms. The Labute approximate surface area is 151 Å². The molecule has 0 saturated carbocycles. The maximum Gasteiger partial charge on any atom is 0.249 e. The molecule has 3 aliphatic rings. The zero-order chi connectivity index (χ0) is 18.5. The maximum atomic E-state index is 13.9. The number of hydrogen-bond acceptors (Lipinski definition) is 4. The van der Waals surface area contributed by atoms with Crippen LogP contribution in [0.25, 0.3) is 10.9 Å². The Morgan fingerprint density at radius 1 is 1.35 bits per heavy atom. The predicted molar refractivity (Wildman–Crippen MR) is 95.5 cm³/mol. The van der Waals surface area contributed by atoms with E-state index in [1.54, 1.807) is 13.3 Å². The van der Waals surface area contributed by atoms with Crippen molar-refractivity contribution in [3.63, 3.8) is 0 Å². The van der Waals surface area contributed by atoms with E-state index in [0.29, 0.717) is 18.7 Å². The van der Waals surface area contributed by atoms with Crippen molar-refractivity contribution in [2.24, 2.45) is 11.8 Å². The number of piperidine rings is 3. The first-order chi connectivity index (χ1) is 12.4. The third-order valence-corrected chi connectivity index (χ3v) is 6.12. The van der Waals surface area contributed by atoms with Gasteiger partial charge in [-0.25, -0.2) is 8.78 Å². The van der Waals surface area contributed by atoms with Crippen molar-refractivity contribution in [1.29, 1.82) is 0 Å². The van der Waals surface area contributed by atoms with Gasteiger partial charge < -0.3 is 9.84 Å². The first-order valence-corrected chi connectivity index (χ1v) is 9.11. The number of nitrogens with zero attached hydrogens (tertiary/aromatic N) is 2. The van der Waals surface area contributed by atoms with Gasteiger partial charge in [0.15, 0.2) is 0 Å². The molecule has 2 aromatic rings. The minimum atomic E-state index is -2.67. The average molecular weight is 362 g/mol. The summed E-state index contributed by atoms with van der Waals surface area (Å²) < 4.78 is 33.1. The van der Waals surface area contributed by atoms with Crippen LogP contribution in [0.1, 0.15) is 31.4 Å². The van der Waals surface area contributed by atoms with Crippen LogP contribution in [-0.4, -0.2) is 47.2 Å². The molecule has 5 atom stereocenters. The molecular formula is C20H24F2N2O2. The third-order valence-electron chi connectivity index (χ3n) is 6.12. The maximum absolute atomic E-state index is 13.9. The van der Waals surface area contributed by atoms with Crippen LogP contribution in [-0.2, 0) is 0 Å². The molecule has 4 heterocycles. The zero-order valence-electron chi connectivity index (χ0n) is 15.0. The molecule has 1 aromatic heterocycles. The SMILES string of the molecule is COc1ccc2nccc([C@H](O)[C@H]3C[C@@H]4CCN3C[C@@H]4C(C)(F)F)c2c1. The molecule has 3 saturated heterocycles. The number of rotatable bonds is 4. The van der Waals surface area contributed by atoms with Crippen LogP contribution in [0.2, 0.25) is 0 Å². The Morgan fingerprint density at radius 2 is 2.15 bits per heavy atom. The highest BCUT2D eigenvalue weighted by Gasteiger charge is 2.50. The summed E-state index contributed by atoms with van der Waals surface area (Å²) in [5.41, 5.74) is 1.57. The molecule has 4 nitrogen and oxygen atoms in total. The summed E-state index contributed by atoms with van der Waals surface area (Å²) in [6, 6.07) is 7.27. The molecule has 0 aliphatic carbocycles. The van der Waals surface area contributed by atoms with Gasteiger partial charge in [0.1, 0.15) is 5.75 Å². The van der Waals surface area contributed by atoms with Gasteiger partial charge in [-0.2, -0.15) is 0 Å². The first-order valence-electron chi connectivity index (χ1n) is 9.11. The molecular weight excluding hydrogens is 338 g/mol. The van der Waals surface area contributed by atoms with Crippen LogP contribution in [0, 0.1) is 11.8 Å². The van der Waals surface area contributed by atoms with Gasteiger partial charge in [-0.05, 0) is 62.1 Å². The Kier molecular flexibility index (Phi) is 4.35. The molecule has 0 spiro atoms. The van der Waals surface area contributed by atoms with E-state index in [1.165, 1.54) is 0 Å². The first kappa shape index (κ1) is 17.6. The third kappa shape index (κ3) is 2.95. The summed E-state index contributed by atoms with van der Waals surface area (Å²) in [6.07, 6.45) is 2.33. The molecule has 6 heteroatoms. The van der Waals surface area contributed by atoms with Gasteiger partial charge in [-0.1, -0.05) is 0 Å². The van der Waals surface area contributed by atoms with Gasteiger partial charge >= 0.3 is 0 Å². The van der Waals surface area contributed by atoms with Gasteiger partial charge in [-0.3, -0.25) is 9.88 Å². The quantitative estimate of drug-likeness (QED) is 0.902. The van der Waals surface area contributed by atoms with Crippen molar-refractivity contribution in [2.75, 3.05) is 20.2 Å². The second kappa shape index (κ2) is 6.43. The predicted octanol–water partition coefficient (Wildman–Crippen LogP) is 3.64. The summed E-state index contributed by atoms with van der Waals surface area (Å²) in [5, 5.41) is 12.0. The number of benzene rings is 1. The number of ether oxygens (including phenoxy) is 1. The van der Waals surface area contributed by atoms with Crippen LogP contribution in [0.3, 0.4) is 0 Å². The fourth-order valence-electron chi connectivity index (χ4n) is 4.71. The summed E-state index contributed by atoms with van der Waals surface area (Å²) in [5.74, 6) is -2.62. The standard InChI is InChI=1S/C20H24F2N2O2/c1-20(21,22)16-11-24-8-6-12(16)9-18(24)19(25)14-5-7-23-17-4-3-13(26-2)10-15(14)17/h3-5,7,10,12,16,18-19,25H,6,8-9,11H2,1-2H3/t12-,16-,18+,19-/m0/s1. The normalized spacial score (nSPS) is 29.7. The largest absolute Gasteiger partial charge is 0.497 e. The lowest BCUT2D eigenvalue weighted by atomic mass is 9.71. The van der Waals surface area contributed by atoms with E-state index in [2.05, 4.69) is 4.98 Å². The van der Waals surface area contributed by atoms with Crippen LogP contribution in [0.4, 0.5) is 8.78 Å². The van der Waals surface area contributed by atoms with Crippen molar-refractivity contribution in [1.82, 2.24) is 9.88 Å². The second-order valence-electron chi connectivity index (χ2n) is 7.64. The summed E-state index contributed by atoms with van der Waals surface area (Å²) >= 11 is 0. The van der Waals surface area contributed by atoms with Gasteiger partial charge in [0.05, 0.1) is 18.7 Å². The number of methoxy groups -OCH3 is 1. The van der Waals surface area contributed by atoms with E-state index in [4.69, 9.17) is 4.74 Å². The molecule has 3 fully saturated rings. The Morgan fingerprint density at radius 3 is 2.81 bits per heavy atom. The van der Waals surface area contributed by atoms with Crippen LogP contribution in [0.15, 0.2) is 30.5 Å². The van der Waals surface area contributed by atoms with E-state index in [0.717, 1.165) is 36.4 Å². The molecule has 140 valence electrons. The number of pyridine rings is 1. The van der Waals surface area contributed by atoms with Crippen molar-refractivity contribution in [3.05, 3.63) is 36.0 Å². The van der Waals surface area contributed by atoms with Crippen LogP contribution < -0.4 is 4.74 Å². The fraction of sp³-hybridized carbons (Fsp3) is 0.550. The monoisotopic (exact) mass is 362 g/mol. The number of alkyl halides is 2. The number of fused-ring (bicyclic) bond motifs is 4. The molecule has 1 aromatic carbocycles. The summed E-state index contributed by atoms with van der Waals surface area (Å²) in [6.45, 7) is 2.14. The molecule has 1 N–H and O–H groups in total. The number of halogens is 2. The fourth-order valence-corrected chi connectivity index (χ4v) is 4.71. The lowest BCUT2D eigenvalue weighted by Gasteiger charge is -2.52. The average Bonchev–Trinajstić information content (AvgIpc) is 2.66. The van der Waals surface area contributed by atoms with Gasteiger partial charge in [-0.15, -0.1) is 0 Å². The molecule has 3 aliphatic heterocycles. The van der Waals surface area contributed by atoms with E-state index in [9.17, 15) is 13.9 Å². The molecule has 2 bridgehead atoms. The van der Waals surface area contributed by atoms with E-state index >= 15 is 0 Å². The molecule has 1 unspecified atom stereocenters. The van der Waals surface area contributed by atoms with E-state index in [-0.39, 0.29) is 12.0 Å². The Hall–Kier alpha value is -1.79. The smallest absolute Gasteiger partial charge is 0.249 e. The van der Waals surface area contributed by atoms with Crippen molar-refractivity contribution in [2.45, 2.75) is 37.8 Å². The molecule has 5 rings (SSSR count). The van der Waals surface area contributed by atoms with Crippen LogP contribution >= 0.6 is 0 Å². The van der Waals surface area contributed by atoms with E-state index < -0.39 is 17.9 Å². The van der Waals surface area contributed by atoms with Gasteiger partial charge in [0.2, 0.25) is 5.92 Å². The van der Waals surface area contributed by atoms with Crippen molar-refractivity contribution < 1.29 is 18.6 Å². The molecule has 0 amide bonds. The van der Waals surface area contributed by atoms with Gasteiger partial charge in [0.25, 0.3) is 0 Å². The highest BCUT2D eigenvalue weighted by atomic mass is 19.3. The number of hydrogen-bond donors (Lipinski definition) is 1. The van der Waals surface area contributed by atoms with Crippen LogP contribution in [0.5, 0.6) is 5.75 Å². The minimum absolute atomic E-state index is 0.0395. The number of aliphatic hydroxyl groups is 1. The number of aliphatic hydroxyl groups excluding tert-OH is 1. The lowest BCUT2D eigenvalue weighted by Crippen LogP contribution is -2.58. The topological polar surface area (TPSA) is 45.6 Å². The Bertz CT molecular complexity index is 808. The van der Waals surface area contributed by atoms with Gasteiger partial charge in [0, 0.05) is 30.1 Å². The van der Waals surface area contributed by atoms with E-state index in [1.807, 2.05) is 29.2 Å². The lowest BCUT2D eigenvalue weighted by molar-refractivity contribution is -0.142. The number of aromatic nitrogens is 1. The van der Waals surface area contributed by atoms with Crippen molar-refractivity contribution in [3.8, 4) is 5.75 Å². The second-order valence-corrected chi connectivity index (χ2v) is 7.64. The Balaban J connectivity index is 1.65.